The summed E-state index contributed by atoms with van der Waals surface area (Å²) >= 11 is 1.64. The predicted octanol–water partition coefficient (Wildman–Crippen LogP) is 3.42. The van der Waals surface area contributed by atoms with E-state index in [-0.39, 0.29) is 11.9 Å². The van der Waals surface area contributed by atoms with Gasteiger partial charge in [0.15, 0.2) is 0 Å². The third-order valence-corrected chi connectivity index (χ3v) is 5.43. The van der Waals surface area contributed by atoms with Gasteiger partial charge in [0, 0.05) is 35.1 Å². The summed E-state index contributed by atoms with van der Waals surface area (Å²) < 4.78 is 5.70. The smallest absolute Gasteiger partial charge is 0.251 e. The Bertz CT molecular complexity index is 704. The van der Waals surface area contributed by atoms with Crippen molar-refractivity contribution in [3.63, 3.8) is 0 Å². The average Bonchev–Trinajstić information content (AvgIpc) is 2.97. The first-order chi connectivity index (χ1) is 11.2. The summed E-state index contributed by atoms with van der Waals surface area (Å²) in [7, 11) is 0. The fourth-order valence-corrected chi connectivity index (χ4v) is 3.89. The quantitative estimate of drug-likeness (QED) is 0.935. The molecule has 0 spiro atoms. The maximum absolute atomic E-state index is 12.3. The molecule has 1 aliphatic carbocycles. The lowest BCUT2D eigenvalue weighted by Gasteiger charge is -2.09. The summed E-state index contributed by atoms with van der Waals surface area (Å²) in [6.45, 7) is 2.87. The molecule has 1 N–H and O–H groups in total. The minimum absolute atomic E-state index is 0.0107. The van der Waals surface area contributed by atoms with Gasteiger partial charge in [-0.25, -0.2) is 4.98 Å². The van der Waals surface area contributed by atoms with Crippen molar-refractivity contribution in [2.45, 2.75) is 38.3 Å². The van der Waals surface area contributed by atoms with Crippen molar-refractivity contribution in [2.75, 3.05) is 6.61 Å². The molecule has 1 saturated heterocycles. The molecule has 2 aromatic rings. The minimum atomic E-state index is 0.0107. The molecule has 1 amide bonds. The minimum Gasteiger partial charge on any atom is -0.378 e. The van der Waals surface area contributed by atoms with Crippen molar-refractivity contribution < 1.29 is 9.53 Å². The second-order valence-corrected chi connectivity index (χ2v) is 7.42. The number of carbonyl (C=O) groups excluding carboxylic acids is 1. The summed E-state index contributed by atoms with van der Waals surface area (Å²) in [5.41, 5.74) is 2.73. The Morgan fingerprint density at radius 2 is 2.17 bits per heavy atom. The van der Waals surface area contributed by atoms with Crippen LogP contribution in [0.15, 0.2) is 29.6 Å². The first-order valence-corrected chi connectivity index (χ1v) is 9.04. The number of amides is 1. The molecule has 1 aliphatic heterocycles. The fourth-order valence-electron chi connectivity index (χ4n) is 3.27. The standard InChI is InChI=1S/C18H20N2O2S/c1-11-19-16(10-23-11)12-4-6-13(7-5-12)18(21)20-15-9-14(15)17-3-2-8-22-17/h4-7,10,14-15,17H,2-3,8-9H2,1H3,(H,20,21)/t14-,15-,17?/m1/s1. The molecule has 1 aromatic heterocycles. The molecule has 120 valence electrons. The maximum Gasteiger partial charge on any atom is 0.251 e. The predicted molar refractivity (Wildman–Crippen MR) is 90.6 cm³/mol. The number of nitrogens with one attached hydrogen (secondary N) is 1. The lowest BCUT2D eigenvalue weighted by atomic mass is 10.1. The van der Waals surface area contributed by atoms with Gasteiger partial charge < -0.3 is 10.1 Å². The maximum atomic E-state index is 12.3. The number of aromatic nitrogens is 1. The molecule has 4 rings (SSSR count). The van der Waals surface area contributed by atoms with Crippen LogP contribution in [0.4, 0.5) is 0 Å². The van der Waals surface area contributed by atoms with E-state index in [9.17, 15) is 4.79 Å². The molecule has 1 unspecified atom stereocenters. The van der Waals surface area contributed by atoms with Crippen molar-refractivity contribution in [1.29, 1.82) is 0 Å². The van der Waals surface area contributed by atoms with Gasteiger partial charge >= 0.3 is 0 Å². The molecule has 1 saturated carbocycles. The summed E-state index contributed by atoms with van der Waals surface area (Å²) in [6, 6.07) is 7.97. The van der Waals surface area contributed by atoms with Gasteiger partial charge in [0.05, 0.1) is 16.8 Å². The van der Waals surface area contributed by atoms with Crippen LogP contribution in [0.2, 0.25) is 0 Å². The van der Waals surface area contributed by atoms with Gasteiger partial charge in [0.2, 0.25) is 0 Å². The number of benzene rings is 1. The molecule has 4 nitrogen and oxygen atoms in total. The molecule has 2 aliphatic rings. The third kappa shape index (κ3) is 3.16. The Labute approximate surface area is 139 Å². The van der Waals surface area contributed by atoms with Crippen LogP contribution in [-0.2, 0) is 4.74 Å². The Morgan fingerprint density at radius 3 is 2.83 bits per heavy atom. The van der Waals surface area contributed by atoms with Crippen LogP contribution in [-0.4, -0.2) is 29.6 Å². The number of hydrogen-bond donors (Lipinski definition) is 1. The fraction of sp³-hybridized carbons (Fsp3) is 0.444. The van der Waals surface area contributed by atoms with E-state index in [0.29, 0.717) is 17.6 Å². The van der Waals surface area contributed by atoms with E-state index in [4.69, 9.17) is 4.74 Å². The van der Waals surface area contributed by atoms with Gasteiger partial charge in [-0.1, -0.05) is 12.1 Å². The molecule has 5 heteroatoms. The second-order valence-electron chi connectivity index (χ2n) is 6.36. The molecule has 0 bridgehead atoms. The number of aryl methyl sites for hydroxylation is 1. The highest BCUT2D eigenvalue weighted by Crippen LogP contribution is 2.39. The van der Waals surface area contributed by atoms with E-state index in [2.05, 4.69) is 10.3 Å². The van der Waals surface area contributed by atoms with Gasteiger partial charge in [0.1, 0.15) is 0 Å². The monoisotopic (exact) mass is 328 g/mol. The van der Waals surface area contributed by atoms with Gasteiger partial charge in [-0.05, 0) is 38.3 Å². The zero-order valence-corrected chi connectivity index (χ0v) is 13.9. The van der Waals surface area contributed by atoms with Crippen molar-refractivity contribution in [2.24, 2.45) is 5.92 Å². The number of hydrogen-bond acceptors (Lipinski definition) is 4. The van der Waals surface area contributed by atoms with Crippen molar-refractivity contribution in [3.8, 4) is 11.3 Å². The average molecular weight is 328 g/mol. The van der Waals surface area contributed by atoms with E-state index in [0.717, 1.165) is 42.1 Å². The van der Waals surface area contributed by atoms with E-state index in [1.165, 1.54) is 0 Å². The van der Waals surface area contributed by atoms with Crippen molar-refractivity contribution >= 4 is 17.2 Å². The summed E-state index contributed by atoms with van der Waals surface area (Å²) in [5.74, 6) is 0.523. The van der Waals surface area contributed by atoms with Crippen LogP contribution >= 0.6 is 11.3 Å². The molecule has 0 radical (unpaired) electrons. The molecule has 3 atom stereocenters. The van der Waals surface area contributed by atoms with Gasteiger partial charge in [-0.2, -0.15) is 0 Å². The number of thiazole rings is 1. The largest absolute Gasteiger partial charge is 0.378 e. The Hall–Kier alpha value is -1.72. The summed E-state index contributed by atoms with van der Waals surface area (Å²) in [5, 5.41) is 6.22. The highest BCUT2D eigenvalue weighted by atomic mass is 32.1. The Kier molecular flexibility index (Phi) is 3.91. The normalized spacial score (nSPS) is 26.2. The van der Waals surface area contributed by atoms with Crippen LogP contribution in [0, 0.1) is 12.8 Å². The van der Waals surface area contributed by atoms with Gasteiger partial charge in [0.25, 0.3) is 5.91 Å². The molecule has 2 heterocycles. The first-order valence-electron chi connectivity index (χ1n) is 8.16. The topological polar surface area (TPSA) is 51.2 Å². The molecular formula is C18H20N2O2S. The number of nitrogens with zero attached hydrogens (tertiary/aromatic N) is 1. The first kappa shape index (κ1) is 14.8. The molecule has 2 fully saturated rings. The number of rotatable bonds is 4. The van der Waals surface area contributed by atoms with Crippen LogP contribution < -0.4 is 5.32 Å². The molecule has 1 aromatic carbocycles. The summed E-state index contributed by atoms with van der Waals surface area (Å²) in [6.07, 6.45) is 3.70. The second kappa shape index (κ2) is 6.06. The Morgan fingerprint density at radius 1 is 1.35 bits per heavy atom. The van der Waals surface area contributed by atoms with E-state index in [1.807, 2.05) is 36.6 Å². The van der Waals surface area contributed by atoms with Crippen molar-refractivity contribution in [1.82, 2.24) is 10.3 Å². The van der Waals surface area contributed by atoms with Crippen LogP contribution in [0.1, 0.15) is 34.6 Å². The molecule has 23 heavy (non-hydrogen) atoms. The van der Waals surface area contributed by atoms with Crippen molar-refractivity contribution in [3.05, 3.63) is 40.2 Å². The van der Waals surface area contributed by atoms with E-state index in [1.54, 1.807) is 11.3 Å². The lowest BCUT2D eigenvalue weighted by molar-refractivity contribution is 0.0865. The number of carbonyl (C=O) groups is 1. The van der Waals surface area contributed by atoms with E-state index < -0.39 is 0 Å². The van der Waals surface area contributed by atoms with Crippen LogP contribution in [0.3, 0.4) is 0 Å². The third-order valence-electron chi connectivity index (χ3n) is 4.66. The van der Waals surface area contributed by atoms with E-state index >= 15 is 0 Å². The zero-order valence-electron chi connectivity index (χ0n) is 13.1. The SMILES string of the molecule is Cc1nc(-c2ccc(C(=O)N[C@@H]3C[C@H]3C3CCCO3)cc2)cs1. The highest BCUT2D eigenvalue weighted by molar-refractivity contribution is 7.09. The lowest BCUT2D eigenvalue weighted by Crippen LogP contribution is -2.28. The highest BCUT2D eigenvalue weighted by Gasteiger charge is 2.45. The molecular weight excluding hydrogens is 308 g/mol. The van der Waals surface area contributed by atoms with Crippen LogP contribution in [0.25, 0.3) is 11.3 Å². The van der Waals surface area contributed by atoms with Gasteiger partial charge in [-0.15, -0.1) is 11.3 Å². The zero-order chi connectivity index (χ0) is 15.8. The van der Waals surface area contributed by atoms with Crippen LogP contribution in [0.5, 0.6) is 0 Å². The number of ether oxygens (including phenoxy) is 1. The summed E-state index contributed by atoms with van der Waals surface area (Å²) in [4.78, 5) is 16.8. The Balaban J connectivity index is 1.37. The van der Waals surface area contributed by atoms with Gasteiger partial charge in [-0.3, -0.25) is 4.79 Å².